The lowest BCUT2D eigenvalue weighted by Crippen LogP contribution is -2.32. The monoisotopic (exact) mass is 240 g/mol. The topological polar surface area (TPSA) is 65.1 Å². The van der Waals surface area contributed by atoms with E-state index in [9.17, 15) is 18.4 Å². The highest BCUT2D eigenvalue weighted by atomic mass is 19.1. The van der Waals surface area contributed by atoms with Crippen LogP contribution in [-0.2, 0) is 7.05 Å². The van der Waals surface area contributed by atoms with Crippen LogP contribution in [0.15, 0.2) is 32.2 Å². The van der Waals surface area contributed by atoms with Gasteiger partial charge in [-0.2, -0.15) is 4.98 Å². The summed E-state index contributed by atoms with van der Waals surface area (Å²) in [4.78, 5) is 25.7. The molecule has 1 aromatic carbocycles. The van der Waals surface area contributed by atoms with Crippen LogP contribution in [0, 0.1) is 11.6 Å². The zero-order valence-electron chi connectivity index (χ0n) is 8.61. The Labute approximate surface area is 93.0 Å². The maximum Gasteiger partial charge on any atom is 0.424 e. The summed E-state index contributed by atoms with van der Waals surface area (Å²) < 4.78 is 31.8. The molecule has 0 fully saturated rings. The van der Waals surface area contributed by atoms with Gasteiger partial charge in [0.1, 0.15) is 17.2 Å². The van der Waals surface area contributed by atoms with Gasteiger partial charge in [0, 0.05) is 7.05 Å². The van der Waals surface area contributed by atoms with Crippen LogP contribution in [0.1, 0.15) is 0 Å². The van der Waals surface area contributed by atoms with E-state index in [2.05, 4.69) is 9.40 Å². The molecule has 0 spiro atoms. The minimum absolute atomic E-state index is 0.586. The maximum absolute atomic E-state index is 13.3. The third kappa shape index (κ3) is 1.86. The summed E-state index contributed by atoms with van der Waals surface area (Å²) in [6, 6.07) is 3.09. The second-order valence-electron chi connectivity index (χ2n) is 3.22. The average Bonchev–Trinajstić information content (AvgIpc) is 2.25. The Hall–Kier alpha value is -2.31. The normalized spacial score (nSPS) is 10.5. The van der Waals surface area contributed by atoms with E-state index in [1.54, 1.807) is 0 Å². The molecule has 0 bridgehead atoms. The first-order chi connectivity index (χ1) is 8.00. The summed E-state index contributed by atoms with van der Waals surface area (Å²) in [6.07, 6.45) is 0. The molecule has 5 nitrogen and oxygen atoms in total. The van der Waals surface area contributed by atoms with Gasteiger partial charge in [0.2, 0.25) is 5.89 Å². The highest BCUT2D eigenvalue weighted by Gasteiger charge is 2.16. The van der Waals surface area contributed by atoms with Crippen molar-refractivity contribution >= 4 is 0 Å². The Balaban J connectivity index is 2.79. The van der Waals surface area contributed by atoms with Crippen LogP contribution in [0.4, 0.5) is 8.78 Å². The fourth-order valence-corrected chi connectivity index (χ4v) is 1.22. The lowest BCUT2D eigenvalue weighted by molar-refractivity contribution is 0.424. The molecule has 1 aromatic heterocycles. The fraction of sp³-hybridized carbons (Fsp3) is 0.100. The van der Waals surface area contributed by atoms with Crippen molar-refractivity contribution in [1.82, 2.24) is 9.55 Å². The van der Waals surface area contributed by atoms with Gasteiger partial charge in [-0.05, 0) is 12.1 Å². The van der Waals surface area contributed by atoms with Crippen molar-refractivity contribution in [3.63, 3.8) is 0 Å². The molecule has 0 N–H and O–H groups in total. The van der Waals surface area contributed by atoms with E-state index in [1.165, 1.54) is 0 Å². The van der Waals surface area contributed by atoms with Crippen molar-refractivity contribution in [3.05, 3.63) is 50.9 Å². The number of benzene rings is 1. The molecule has 7 heteroatoms. The standard InChI is InChI=1S/C10H6F2N2O3/c1-14-9(15)13-8(17-10(14)16)7-5(11)3-2-4-6(7)12/h2-4H,1H3. The minimum atomic E-state index is -1.04. The van der Waals surface area contributed by atoms with Gasteiger partial charge in [-0.15, -0.1) is 0 Å². The summed E-state index contributed by atoms with van der Waals surface area (Å²) in [5.74, 6) is -3.64. The highest BCUT2D eigenvalue weighted by molar-refractivity contribution is 5.54. The predicted molar refractivity (Wildman–Crippen MR) is 53.4 cm³/mol. The van der Waals surface area contributed by atoms with Crippen molar-refractivity contribution in [3.8, 4) is 11.5 Å². The highest BCUT2D eigenvalue weighted by Crippen LogP contribution is 2.21. The fourth-order valence-electron chi connectivity index (χ4n) is 1.22. The Morgan fingerprint density at radius 3 is 2.35 bits per heavy atom. The van der Waals surface area contributed by atoms with E-state index >= 15 is 0 Å². The molecule has 0 saturated carbocycles. The van der Waals surface area contributed by atoms with Gasteiger partial charge in [-0.1, -0.05) is 6.07 Å². The quantitative estimate of drug-likeness (QED) is 0.735. The Morgan fingerprint density at radius 2 is 1.82 bits per heavy atom. The maximum atomic E-state index is 13.3. The minimum Gasteiger partial charge on any atom is -0.390 e. The molecule has 0 unspecified atom stereocenters. The van der Waals surface area contributed by atoms with Crippen molar-refractivity contribution < 1.29 is 13.2 Å². The smallest absolute Gasteiger partial charge is 0.390 e. The lowest BCUT2D eigenvalue weighted by atomic mass is 10.2. The molecule has 0 saturated heterocycles. The second kappa shape index (κ2) is 3.93. The first-order valence-electron chi connectivity index (χ1n) is 4.53. The first-order valence-corrected chi connectivity index (χ1v) is 4.53. The number of aromatic nitrogens is 2. The van der Waals surface area contributed by atoms with Crippen LogP contribution < -0.4 is 11.4 Å². The Bertz CT molecular complexity index is 639. The van der Waals surface area contributed by atoms with Gasteiger partial charge in [-0.3, -0.25) is 0 Å². The van der Waals surface area contributed by atoms with E-state index in [1.807, 2.05) is 0 Å². The van der Waals surface area contributed by atoms with Gasteiger partial charge in [0.05, 0.1) is 0 Å². The zero-order chi connectivity index (χ0) is 12.6. The second-order valence-corrected chi connectivity index (χ2v) is 3.22. The molecule has 0 amide bonds. The van der Waals surface area contributed by atoms with Gasteiger partial charge in [-0.25, -0.2) is 22.9 Å². The van der Waals surface area contributed by atoms with Crippen LogP contribution in [0.5, 0.6) is 0 Å². The zero-order valence-corrected chi connectivity index (χ0v) is 8.61. The van der Waals surface area contributed by atoms with E-state index in [0.717, 1.165) is 25.2 Å². The number of halogens is 2. The average molecular weight is 240 g/mol. The summed E-state index contributed by atoms with van der Waals surface area (Å²) in [6.45, 7) is 0. The summed E-state index contributed by atoms with van der Waals surface area (Å²) in [5.41, 5.74) is -1.58. The molecule has 0 aliphatic rings. The third-order valence-corrected chi connectivity index (χ3v) is 2.12. The van der Waals surface area contributed by atoms with Crippen molar-refractivity contribution in [1.29, 1.82) is 0 Å². The van der Waals surface area contributed by atoms with Crippen LogP contribution in [0.3, 0.4) is 0 Å². The molecule has 88 valence electrons. The number of hydrogen-bond acceptors (Lipinski definition) is 4. The molecule has 0 atom stereocenters. The van der Waals surface area contributed by atoms with Crippen LogP contribution in [-0.4, -0.2) is 9.55 Å². The van der Waals surface area contributed by atoms with Crippen molar-refractivity contribution in [2.45, 2.75) is 0 Å². The third-order valence-electron chi connectivity index (χ3n) is 2.12. The van der Waals surface area contributed by atoms with E-state index < -0.39 is 34.5 Å². The summed E-state index contributed by atoms with van der Waals surface area (Å²) in [5, 5.41) is 0. The number of hydrogen-bond donors (Lipinski definition) is 0. The van der Waals surface area contributed by atoms with Crippen LogP contribution in [0.2, 0.25) is 0 Å². The Kier molecular flexibility index (Phi) is 2.58. The number of nitrogens with zero attached hydrogens (tertiary/aromatic N) is 2. The summed E-state index contributed by atoms with van der Waals surface area (Å²) in [7, 11) is 1.14. The first kappa shape index (κ1) is 11.2. The molecular formula is C10H6F2N2O3. The van der Waals surface area contributed by atoms with Gasteiger partial charge in [0.25, 0.3) is 0 Å². The molecule has 0 aliphatic carbocycles. The molecule has 17 heavy (non-hydrogen) atoms. The molecular weight excluding hydrogens is 234 g/mol. The van der Waals surface area contributed by atoms with E-state index in [0.29, 0.717) is 4.57 Å². The van der Waals surface area contributed by atoms with Gasteiger partial charge < -0.3 is 4.42 Å². The lowest BCUT2D eigenvalue weighted by Gasteiger charge is -2.02. The van der Waals surface area contributed by atoms with Crippen LogP contribution in [0.25, 0.3) is 11.5 Å². The van der Waals surface area contributed by atoms with Crippen molar-refractivity contribution in [2.24, 2.45) is 7.05 Å². The molecule has 2 aromatic rings. The molecule has 1 heterocycles. The predicted octanol–water partition coefficient (Wildman–Crippen LogP) is 0.679. The van der Waals surface area contributed by atoms with E-state index in [-0.39, 0.29) is 0 Å². The molecule has 0 radical (unpaired) electrons. The molecule has 2 rings (SSSR count). The SMILES string of the molecule is Cn1c(=O)nc(-c2c(F)cccc2F)oc1=O. The molecule has 0 aliphatic heterocycles. The summed E-state index contributed by atoms with van der Waals surface area (Å²) >= 11 is 0. The Morgan fingerprint density at radius 1 is 1.24 bits per heavy atom. The van der Waals surface area contributed by atoms with E-state index in [4.69, 9.17) is 0 Å². The van der Waals surface area contributed by atoms with Crippen molar-refractivity contribution in [2.75, 3.05) is 0 Å². The van der Waals surface area contributed by atoms with Gasteiger partial charge >= 0.3 is 11.4 Å². The number of rotatable bonds is 1. The largest absolute Gasteiger partial charge is 0.424 e. The van der Waals surface area contributed by atoms with Crippen LogP contribution >= 0.6 is 0 Å². The van der Waals surface area contributed by atoms with Gasteiger partial charge in [0.15, 0.2) is 0 Å².